The Labute approximate surface area is 193 Å². The van der Waals surface area contributed by atoms with Crippen LogP contribution in [0.4, 0.5) is 5.69 Å². The Balaban J connectivity index is 1.35. The predicted molar refractivity (Wildman–Crippen MR) is 128 cm³/mol. The molecule has 0 unspecified atom stereocenters. The van der Waals surface area contributed by atoms with Crippen molar-refractivity contribution in [1.29, 1.82) is 0 Å². The van der Waals surface area contributed by atoms with Crippen molar-refractivity contribution in [3.63, 3.8) is 0 Å². The van der Waals surface area contributed by atoms with Crippen molar-refractivity contribution in [2.75, 3.05) is 30.3 Å². The van der Waals surface area contributed by atoms with Gasteiger partial charge in [0.25, 0.3) is 0 Å². The van der Waals surface area contributed by atoms with Crippen LogP contribution in [0.25, 0.3) is 5.69 Å². The summed E-state index contributed by atoms with van der Waals surface area (Å²) in [5.41, 5.74) is 3.36. The first-order valence-corrected chi connectivity index (χ1v) is 12.5. The van der Waals surface area contributed by atoms with E-state index in [1.54, 1.807) is 0 Å². The van der Waals surface area contributed by atoms with E-state index >= 15 is 0 Å². The highest BCUT2D eigenvalue weighted by Gasteiger charge is 2.24. The number of likely N-dealkylation sites (tertiary alicyclic amines) is 1. The number of hydrogen-bond donors (Lipinski definition) is 0. The standard InChI is InChI=1S/C25H29N5OS/c31-24(29-17-9-11-20-10-5-6-14-22(20)29)19-32-25-27-26-23(18-28-15-7-2-8-16-28)30(25)21-12-3-1-4-13-21/h1,3-6,10,12-14H,2,7-9,11,15-19H2. The number of anilines is 1. The minimum atomic E-state index is 0.127. The topological polar surface area (TPSA) is 54.3 Å². The number of fused-ring (bicyclic) bond motifs is 1. The summed E-state index contributed by atoms with van der Waals surface area (Å²) < 4.78 is 2.12. The molecule has 2 aliphatic heterocycles. The predicted octanol–water partition coefficient (Wildman–Crippen LogP) is 4.32. The number of hydrogen-bond acceptors (Lipinski definition) is 5. The summed E-state index contributed by atoms with van der Waals surface area (Å²) in [6.45, 7) is 3.78. The number of amides is 1. The molecule has 0 bridgehead atoms. The first kappa shape index (κ1) is 21.2. The van der Waals surface area contributed by atoms with Gasteiger partial charge in [0.2, 0.25) is 5.91 Å². The molecule has 7 heteroatoms. The van der Waals surface area contributed by atoms with Gasteiger partial charge < -0.3 is 4.90 Å². The van der Waals surface area contributed by atoms with Crippen molar-refractivity contribution in [3.8, 4) is 5.69 Å². The van der Waals surface area contributed by atoms with Crippen molar-refractivity contribution >= 4 is 23.4 Å². The van der Waals surface area contributed by atoms with E-state index in [0.717, 1.165) is 61.4 Å². The Bertz CT molecular complexity index is 1060. The Kier molecular flexibility index (Phi) is 6.55. The van der Waals surface area contributed by atoms with Gasteiger partial charge in [0.1, 0.15) is 0 Å². The summed E-state index contributed by atoms with van der Waals surface area (Å²) in [5.74, 6) is 1.42. The fourth-order valence-corrected chi connectivity index (χ4v) is 5.49. The zero-order valence-corrected chi connectivity index (χ0v) is 19.1. The monoisotopic (exact) mass is 447 g/mol. The summed E-state index contributed by atoms with van der Waals surface area (Å²) in [6.07, 6.45) is 5.84. The average molecular weight is 448 g/mol. The molecule has 3 heterocycles. The number of para-hydroxylation sites is 2. The maximum absolute atomic E-state index is 13.1. The molecule has 0 atom stereocenters. The third kappa shape index (κ3) is 4.59. The number of benzene rings is 2. The third-order valence-electron chi connectivity index (χ3n) is 6.26. The number of aryl methyl sites for hydroxylation is 1. The maximum atomic E-state index is 13.1. The van der Waals surface area contributed by atoms with Crippen molar-refractivity contribution in [2.45, 2.75) is 43.8 Å². The molecular weight excluding hydrogens is 418 g/mol. The molecule has 6 nitrogen and oxygen atoms in total. The van der Waals surface area contributed by atoms with Crippen LogP contribution in [0.5, 0.6) is 0 Å². The Hall–Kier alpha value is -2.64. The molecule has 0 spiro atoms. The largest absolute Gasteiger partial charge is 0.311 e. The van der Waals surface area contributed by atoms with E-state index < -0.39 is 0 Å². The molecule has 0 radical (unpaired) electrons. The number of rotatable bonds is 6. The van der Waals surface area contributed by atoms with E-state index in [9.17, 15) is 4.79 Å². The van der Waals surface area contributed by atoms with Crippen LogP contribution in [0.1, 0.15) is 37.1 Å². The fourth-order valence-electron chi connectivity index (χ4n) is 4.65. The second-order valence-electron chi connectivity index (χ2n) is 8.47. The minimum absolute atomic E-state index is 0.127. The van der Waals surface area contributed by atoms with Gasteiger partial charge in [-0.3, -0.25) is 14.3 Å². The highest BCUT2D eigenvalue weighted by atomic mass is 32.2. The highest BCUT2D eigenvalue weighted by molar-refractivity contribution is 7.99. The zero-order chi connectivity index (χ0) is 21.8. The number of aromatic nitrogens is 3. The van der Waals surface area contributed by atoms with Crippen molar-refractivity contribution in [2.24, 2.45) is 0 Å². The number of piperidine rings is 1. The first-order valence-electron chi connectivity index (χ1n) is 11.5. The summed E-state index contributed by atoms with van der Waals surface area (Å²) in [5, 5.41) is 9.82. The van der Waals surface area contributed by atoms with Crippen LogP contribution >= 0.6 is 11.8 Å². The molecule has 2 aliphatic rings. The number of carbonyl (C=O) groups is 1. The lowest BCUT2D eigenvalue weighted by atomic mass is 10.0. The van der Waals surface area contributed by atoms with Gasteiger partial charge in [0.05, 0.1) is 12.3 Å². The quantitative estimate of drug-likeness (QED) is 0.527. The smallest absolute Gasteiger partial charge is 0.237 e. The lowest BCUT2D eigenvalue weighted by Gasteiger charge is -2.29. The van der Waals surface area contributed by atoms with Crippen LogP contribution in [0.3, 0.4) is 0 Å². The van der Waals surface area contributed by atoms with E-state index in [-0.39, 0.29) is 5.91 Å². The lowest BCUT2D eigenvalue weighted by Crippen LogP contribution is -2.36. The first-order chi connectivity index (χ1) is 15.8. The van der Waals surface area contributed by atoms with Gasteiger partial charge in [0.15, 0.2) is 11.0 Å². The molecule has 5 rings (SSSR count). The fraction of sp³-hybridized carbons (Fsp3) is 0.400. The summed E-state index contributed by atoms with van der Waals surface area (Å²) in [6, 6.07) is 18.5. The van der Waals surface area contributed by atoms with Crippen LogP contribution < -0.4 is 4.90 Å². The van der Waals surface area contributed by atoms with Gasteiger partial charge in [-0.1, -0.05) is 54.6 Å². The van der Waals surface area contributed by atoms with Crippen molar-refractivity contribution < 1.29 is 4.79 Å². The minimum Gasteiger partial charge on any atom is -0.311 e. The molecule has 1 aromatic heterocycles. The molecule has 2 aromatic carbocycles. The summed E-state index contributed by atoms with van der Waals surface area (Å²) >= 11 is 1.48. The van der Waals surface area contributed by atoms with Crippen LogP contribution in [-0.2, 0) is 17.8 Å². The third-order valence-corrected chi connectivity index (χ3v) is 7.18. The van der Waals surface area contributed by atoms with Crippen molar-refractivity contribution in [1.82, 2.24) is 19.7 Å². The molecule has 0 N–H and O–H groups in total. The SMILES string of the molecule is O=C(CSc1nnc(CN2CCCCC2)n1-c1ccccc1)N1CCCc2ccccc21. The number of carbonyl (C=O) groups excluding carboxylic acids is 1. The van der Waals surface area contributed by atoms with E-state index in [4.69, 9.17) is 0 Å². The second kappa shape index (κ2) is 9.88. The Morgan fingerprint density at radius 3 is 2.50 bits per heavy atom. The van der Waals surface area contributed by atoms with E-state index in [0.29, 0.717) is 5.75 Å². The van der Waals surface area contributed by atoms with E-state index in [1.165, 1.54) is 36.6 Å². The summed E-state index contributed by atoms with van der Waals surface area (Å²) in [7, 11) is 0. The van der Waals surface area contributed by atoms with Gasteiger partial charge >= 0.3 is 0 Å². The van der Waals surface area contributed by atoms with Crippen LogP contribution in [0.15, 0.2) is 59.8 Å². The molecule has 0 saturated carbocycles. The molecule has 1 saturated heterocycles. The molecule has 0 aliphatic carbocycles. The van der Waals surface area contributed by atoms with Crippen molar-refractivity contribution in [3.05, 3.63) is 66.0 Å². The maximum Gasteiger partial charge on any atom is 0.237 e. The zero-order valence-electron chi connectivity index (χ0n) is 18.3. The van der Waals surface area contributed by atoms with Gasteiger partial charge in [-0.2, -0.15) is 0 Å². The number of thioether (sulfide) groups is 1. The Morgan fingerprint density at radius 1 is 0.875 bits per heavy atom. The van der Waals surface area contributed by atoms with Gasteiger partial charge in [-0.25, -0.2) is 0 Å². The molecule has 1 amide bonds. The highest BCUT2D eigenvalue weighted by Crippen LogP contribution is 2.29. The van der Waals surface area contributed by atoms with Gasteiger partial charge in [-0.15, -0.1) is 10.2 Å². The van der Waals surface area contributed by atoms with Crippen LogP contribution in [-0.4, -0.2) is 51.0 Å². The van der Waals surface area contributed by atoms with Gasteiger partial charge in [0, 0.05) is 17.9 Å². The van der Waals surface area contributed by atoms with Gasteiger partial charge in [-0.05, 0) is 62.5 Å². The number of nitrogens with zero attached hydrogens (tertiary/aromatic N) is 5. The van der Waals surface area contributed by atoms with E-state index in [2.05, 4.69) is 43.9 Å². The summed E-state index contributed by atoms with van der Waals surface area (Å²) in [4.78, 5) is 17.5. The molecule has 3 aromatic rings. The van der Waals surface area contributed by atoms with E-state index in [1.807, 2.05) is 35.2 Å². The second-order valence-corrected chi connectivity index (χ2v) is 9.42. The molecular formula is C25H29N5OS. The molecule has 166 valence electrons. The normalized spacial score (nSPS) is 16.7. The molecule has 1 fully saturated rings. The van der Waals surface area contributed by atoms with Crippen LogP contribution in [0, 0.1) is 0 Å². The van der Waals surface area contributed by atoms with Crippen LogP contribution in [0.2, 0.25) is 0 Å². The molecule has 32 heavy (non-hydrogen) atoms. The average Bonchev–Trinajstić information content (AvgIpc) is 3.25. The lowest BCUT2D eigenvalue weighted by molar-refractivity contribution is -0.116. The Morgan fingerprint density at radius 2 is 1.66 bits per heavy atom.